The highest BCUT2D eigenvalue weighted by Gasteiger charge is 2.28. The van der Waals surface area contributed by atoms with Crippen molar-refractivity contribution in [3.63, 3.8) is 0 Å². The van der Waals surface area contributed by atoms with Crippen molar-refractivity contribution in [1.82, 2.24) is 4.90 Å². The number of furan rings is 1. The molecule has 4 rings (SSSR count). The van der Waals surface area contributed by atoms with Crippen LogP contribution < -0.4 is 4.90 Å². The molecule has 164 valence electrons. The van der Waals surface area contributed by atoms with Crippen molar-refractivity contribution in [2.24, 2.45) is 0 Å². The van der Waals surface area contributed by atoms with Gasteiger partial charge in [0.05, 0.1) is 6.10 Å². The van der Waals surface area contributed by atoms with Crippen molar-refractivity contribution < 1.29 is 13.9 Å². The topological polar surface area (TPSA) is 45.9 Å². The molecule has 1 aliphatic rings. The number of ether oxygens (including phenoxy) is 1. The largest absolute Gasteiger partial charge is 0.451 e. The highest BCUT2D eigenvalue weighted by molar-refractivity contribution is 6.00. The van der Waals surface area contributed by atoms with E-state index in [2.05, 4.69) is 42.2 Å². The molecular weight excluding hydrogens is 388 g/mol. The summed E-state index contributed by atoms with van der Waals surface area (Å²) in [5, 5.41) is 1.04. The molecule has 1 saturated heterocycles. The molecule has 0 radical (unpaired) electrons. The Morgan fingerprint density at radius 3 is 2.48 bits per heavy atom. The van der Waals surface area contributed by atoms with E-state index in [1.807, 2.05) is 38.9 Å². The van der Waals surface area contributed by atoms with Crippen LogP contribution in [0.1, 0.15) is 45.7 Å². The minimum Gasteiger partial charge on any atom is -0.451 e. The van der Waals surface area contributed by atoms with Crippen LogP contribution in [0.4, 0.5) is 5.69 Å². The molecule has 2 aromatic carbocycles. The molecule has 1 atom stereocenters. The SMILES string of the molecule is Cc1cc(C)c2c(C)c(C(=O)N(Cc3ccc(N(C)C)cc3)C[C@H]3CCCO3)oc2c1. The number of carbonyl (C=O) groups is 1. The Hall–Kier alpha value is -2.79. The number of fused-ring (bicyclic) bond motifs is 1. The molecule has 31 heavy (non-hydrogen) atoms. The number of carbonyl (C=O) groups excluding carboxylic acids is 1. The summed E-state index contributed by atoms with van der Waals surface area (Å²) in [7, 11) is 4.05. The maximum atomic E-state index is 13.7. The molecule has 5 nitrogen and oxygen atoms in total. The number of amides is 1. The van der Waals surface area contributed by atoms with Gasteiger partial charge in [0, 0.05) is 50.4 Å². The smallest absolute Gasteiger partial charge is 0.290 e. The van der Waals surface area contributed by atoms with E-state index in [0.717, 1.165) is 58.4 Å². The first-order chi connectivity index (χ1) is 14.8. The Bertz CT molecular complexity index is 1080. The number of hydrogen-bond donors (Lipinski definition) is 0. The number of anilines is 1. The summed E-state index contributed by atoms with van der Waals surface area (Å²) >= 11 is 0. The Balaban J connectivity index is 1.65. The van der Waals surface area contributed by atoms with E-state index in [1.54, 1.807) is 0 Å². The fourth-order valence-corrected chi connectivity index (χ4v) is 4.51. The average molecular weight is 421 g/mol. The molecule has 3 aromatic rings. The van der Waals surface area contributed by atoms with Gasteiger partial charge < -0.3 is 19.0 Å². The van der Waals surface area contributed by atoms with E-state index in [1.165, 1.54) is 0 Å². The third-order valence-electron chi connectivity index (χ3n) is 6.13. The molecule has 0 bridgehead atoms. The quantitative estimate of drug-likeness (QED) is 0.547. The molecular formula is C26H32N2O3. The lowest BCUT2D eigenvalue weighted by Crippen LogP contribution is -2.37. The molecule has 0 saturated carbocycles. The zero-order chi connectivity index (χ0) is 22.1. The molecule has 0 spiro atoms. The van der Waals surface area contributed by atoms with E-state index >= 15 is 0 Å². The predicted octanol–water partition coefficient (Wildman–Crippen LogP) is 5.25. The number of hydrogen-bond acceptors (Lipinski definition) is 4. The van der Waals surface area contributed by atoms with Gasteiger partial charge in [-0.1, -0.05) is 18.2 Å². The maximum Gasteiger partial charge on any atom is 0.290 e. The fourth-order valence-electron chi connectivity index (χ4n) is 4.51. The first-order valence-corrected chi connectivity index (χ1v) is 11.0. The van der Waals surface area contributed by atoms with E-state index in [4.69, 9.17) is 9.15 Å². The highest BCUT2D eigenvalue weighted by atomic mass is 16.5. The summed E-state index contributed by atoms with van der Waals surface area (Å²) in [5.74, 6) is 0.365. The van der Waals surface area contributed by atoms with E-state index in [0.29, 0.717) is 18.8 Å². The number of nitrogens with zero attached hydrogens (tertiary/aromatic N) is 2. The summed E-state index contributed by atoms with van der Waals surface area (Å²) in [5.41, 5.74) is 6.20. The minimum atomic E-state index is -0.0714. The molecule has 0 N–H and O–H groups in total. The van der Waals surface area contributed by atoms with Gasteiger partial charge in [0.25, 0.3) is 5.91 Å². The van der Waals surface area contributed by atoms with Gasteiger partial charge in [-0.3, -0.25) is 4.79 Å². The predicted molar refractivity (Wildman–Crippen MR) is 125 cm³/mol. The summed E-state index contributed by atoms with van der Waals surface area (Å²) in [6, 6.07) is 12.5. The zero-order valence-corrected chi connectivity index (χ0v) is 19.2. The molecule has 1 fully saturated rings. The number of benzene rings is 2. The van der Waals surface area contributed by atoms with Crippen LogP contribution in [0.3, 0.4) is 0 Å². The van der Waals surface area contributed by atoms with Gasteiger partial charge in [0.1, 0.15) is 5.58 Å². The molecule has 1 aliphatic heterocycles. The normalized spacial score (nSPS) is 16.1. The van der Waals surface area contributed by atoms with Crippen molar-refractivity contribution in [2.75, 3.05) is 32.1 Å². The molecule has 0 aliphatic carbocycles. The van der Waals surface area contributed by atoms with Gasteiger partial charge in [-0.15, -0.1) is 0 Å². The van der Waals surface area contributed by atoms with Crippen LogP contribution in [0.5, 0.6) is 0 Å². The summed E-state index contributed by atoms with van der Waals surface area (Å²) in [6.07, 6.45) is 2.12. The van der Waals surface area contributed by atoms with Crippen molar-refractivity contribution in [2.45, 2.75) is 46.3 Å². The molecule has 1 amide bonds. The Morgan fingerprint density at radius 2 is 1.84 bits per heavy atom. The Morgan fingerprint density at radius 1 is 1.10 bits per heavy atom. The Kier molecular flexibility index (Phi) is 6.05. The maximum absolute atomic E-state index is 13.7. The van der Waals surface area contributed by atoms with E-state index < -0.39 is 0 Å². The minimum absolute atomic E-state index is 0.0714. The van der Waals surface area contributed by atoms with Crippen molar-refractivity contribution in [3.8, 4) is 0 Å². The highest BCUT2D eigenvalue weighted by Crippen LogP contribution is 2.31. The van der Waals surface area contributed by atoms with Crippen LogP contribution >= 0.6 is 0 Å². The van der Waals surface area contributed by atoms with Crippen LogP contribution in [0, 0.1) is 20.8 Å². The van der Waals surface area contributed by atoms with E-state index in [9.17, 15) is 4.79 Å². The van der Waals surface area contributed by atoms with Crippen LogP contribution in [-0.4, -0.2) is 44.2 Å². The van der Waals surface area contributed by atoms with Gasteiger partial charge in [0.2, 0.25) is 0 Å². The lowest BCUT2D eigenvalue weighted by molar-refractivity contribution is 0.0485. The first kappa shape index (κ1) is 21.4. The van der Waals surface area contributed by atoms with Gasteiger partial charge in [-0.05, 0) is 68.5 Å². The summed E-state index contributed by atoms with van der Waals surface area (Å²) < 4.78 is 12.0. The first-order valence-electron chi connectivity index (χ1n) is 11.0. The van der Waals surface area contributed by atoms with Gasteiger partial charge >= 0.3 is 0 Å². The lowest BCUT2D eigenvalue weighted by Gasteiger charge is -2.25. The second kappa shape index (κ2) is 8.75. The molecule has 5 heteroatoms. The van der Waals surface area contributed by atoms with Gasteiger partial charge in [-0.25, -0.2) is 0 Å². The van der Waals surface area contributed by atoms with Crippen molar-refractivity contribution >= 4 is 22.6 Å². The molecule has 2 heterocycles. The third kappa shape index (κ3) is 4.47. The number of aryl methyl sites for hydroxylation is 3. The summed E-state index contributed by atoms with van der Waals surface area (Å²) in [6.45, 7) is 7.98. The monoisotopic (exact) mass is 420 g/mol. The van der Waals surface area contributed by atoms with Gasteiger partial charge in [-0.2, -0.15) is 0 Å². The van der Waals surface area contributed by atoms with Crippen molar-refractivity contribution in [3.05, 3.63) is 64.4 Å². The third-order valence-corrected chi connectivity index (χ3v) is 6.13. The second-order valence-corrected chi connectivity index (χ2v) is 8.89. The van der Waals surface area contributed by atoms with Crippen LogP contribution in [0.25, 0.3) is 11.0 Å². The van der Waals surface area contributed by atoms with Crippen LogP contribution in [0.15, 0.2) is 40.8 Å². The zero-order valence-electron chi connectivity index (χ0n) is 19.2. The van der Waals surface area contributed by atoms with Crippen molar-refractivity contribution in [1.29, 1.82) is 0 Å². The van der Waals surface area contributed by atoms with Crippen LogP contribution in [0.2, 0.25) is 0 Å². The van der Waals surface area contributed by atoms with E-state index in [-0.39, 0.29) is 12.0 Å². The molecule has 1 aromatic heterocycles. The number of rotatable bonds is 6. The van der Waals surface area contributed by atoms with Crippen LogP contribution in [-0.2, 0) is 11.3 Å². The summed E-state index contributed by atoms with van der Waals surface area (Å²) in [4.78, 5) is 17.6. The molecule has 0 unspecified atom stereocenters. The second-order valence-electron chi connectivity index (χ2n) is 8.89. The average Bonchev–Trinajstić information content (AvgIpc) is 3.35. The standard InChI is InChI=1S/C26H32N2O3/c1-17-13-18(2)24-19(3)25(31-23(24)14-17)26(29)28(16-22-7-6-12-30-22)15-20-8-10-21(11-9-20)27(4)5/h8-11,13-14,22H,6-7,12,15-16H2,1-5H3/t22-/m1/s1. The Labute approximate surface area is 184 Å². The lowest BCUT2D eigenvalue weighted by atomic mass is 10.0. The van der Waals surface area contributed by atoms with Gasteiger partial charge in [0.15, 0.2) is 5.76 Å². The fraction of sp³-hybridized carbons (Fsp3) is 0.423.